The molecule has 30 heteroatoms. The number of nitrogens with two attached hydrogens (primary N) is 1. The van der Waals surface area contributed by atoms with Gasteiger partial charge >= 0.3 is 25.5 Å². The van der Waals surface area contributed by atoms with Crippen molar-refractivity contribution in [3.05, 3.63) is 105 Å². The summed E-state index contributed by atoms with van der Waals surface area (Å²) in [6, 6.07) is 5.68. The molecule has 89 heavy (non-hydrogen) atoms. The molecule has 9 rings (SSSR count). The fourth-order valence-electron chi connectivity index (χ4n) is 11.9. The third kappa shape index (κ3) is 14.7. The van der Waals surface area contributed by atoms with Gasteiger partial charge in [-0.25, -0.2) is 4.79 Å². The number of nitrogens with zero attached hydrogens (tertiary/aromatic N) is 4. The molecule has 5 aliphatic heterocycles. The first-order chi connectivity index (χ1) is 42.1. The first-order valence-corrected chi connectivity index (χ1v) is 31.1. The van der Waals surface area contributed by atoms with Crippen LogP contribution in [0.1, 0.15) is 118 Å². The highest BCUT2D eigenvalue weighted by molar-refractivity contribution is 7.52. The number of ether oxygens (including phenoxy) is 1. The number of piperidine rings is 2. The Morgan fingerprint density at radius 1 is 0.865 bits per heavy atom. The fraction of sp³-hybridized carbons (Fsp3) is 0.458. The minimum atomic E-state index is -5.95. The first-order valence-electron chi connectivity index (χ1n) is 28.6. The average molecular weight is 1280 g/mol. The highest BCUT2D eigenvalue weighted by Gasteiger charge is 2.51. The van der Waals surface area contributed by atoms with E-state index in [1.54, 1.807) is 18.2 Å². The van der Waals surface area contributed by atoms with Crippen molar-refractivity contribution in [2.45, 2.75) is 132 Å². The van der Waals surface area contributed by atoms with Crippen LogP contribution in [0.2, 0.25) is 0 Å². The lowest BCUT2D eigenvalue weighted by Gasteiger charge is -2.38. The zero-order valence-electron chi connectivity index (χ0n) is 47.8. The third-order valence-corrected chi connectivity index (χ3v) is 18.8. The molecule has 8 N–H and O–H groups in total. The number of halogens is 5. The highest BCUT2D eigenvalue weighted by Crippen LogP contribution is 2.59. The van der Waals surface area contributed by atoms with E-state index in [0.717, 1.165) is 48.8 Å². The molecule has 6 atom stereocenters. The maximum Gasteiger partial charge on any atom is 0.416 e. The molecule has 3 unspecified atom stereocenters. The monoisotopic (exact) mass is 1280 g/mol. The lowest BCUT2D eigenvalue weighted by atomic mass is 9.91. The number of primary amides is 1. The molecule has 474 valence electrons. The molecule has 23 nitrogen and oxygen atoms in total. The van der Waals surface area contributed by atoms with Crippen LogP contribution in [0.25, 0.3) is 10.1 Å². The molecule has 1 aromatic heterocycles. The average Bonchev–Trinajstić information content (AvgIpc) is 1.75. The normalized spacial score (nSPS) is 20.7. The molecule has 0 radical (unpaired) electrons. The van der Waals surface area contributed by atoms with Crippen LogP contribution in [0.3, 0.4) is 0 Å². The van der Waals surface area contributed by atoms with E-state index in [1.807, 2.05) is 0 Å². The summed E-state index contributed by atoms with van der Waals surface area (Å²) in [6.07, 6.45) is -3.91. The Balaban J connectivity index is 0.877. The first kappa shape index (κ1) is 65.1. The van der Waals surface area contributed by atoms with Gasteiger partial charge in [-0.15, -0.1) is 11.3 Å². The molecule has 5 aliphatic rings. The Morgan fingerprint density at radius 2 is 1.57 bits per heavy atom. The minimum absolute atomic E-state index is 0.00471. The highest BCUT2D eigenvalue weighted by atomic mass is 32.1. The zero-order chi connectivity index (χ0) is 64.3. The number of benzene rings is 3. The number of hydrogen-bond acceptors (Lipinski definition) is 13. The van der Waals surface area contributed by atoms with Gasteiger partial charge in [0, 0.05) is 79.3 Å². The quantitative estimate of drug-likeness (QED) is 0.0334. The van der Waals surface area contributed by atoms with Crippen LogP contribution in [0.4, 0.5) is 26.7 Å². The number of rotatable bonds is 17. The number of hydrogen-bond donors (Lipinski definition) is 7. The van der Waals surface area contributed by atoms with Crippen LogP contribution in [0.5, 0.6) is 0 Å². The molecular formula is C59H63F5N9O14PS. The minimum Gasteiger partial charge on any atom is -0.453 e. The molecule has 10 amide bonds. The van der Waals surface area contributed by atoms with Crippen LogP contribution >= 0.6 is 18.9 Å². The summed E-state index contributed by atoms with van der Waals surface area (Å²) < 4.78 is 87.0. The number of imide groups is 1. The molecule has 4 fully saturated rings. The van der Waals surface area contributed by atoms with E-state index in [2.05, 4.69) is 33.1 Å². The van der Waals surface area contributed by atoms with E-state index >= 15 is 0 Å². The van der Waals surface area contributed by atoms with E-state index in [0.29, 0.717) is 42.4 Å². The summed E-state index contributed by atoms with van der Waals surface area (Å²) in [6.45, 7) is 0.111. The predicted molar refractivity (Wildman–Crippen MR) is 307 cm³/mol. The molecule has 4 saturated heterocycles. The molecular weight excluding hydrogens is 1220 g/mol. The largest absolute Gasteiger partial charge is 0.453 e. The van der Waals surface area contributed by atoms with Crippen molar-refractivity contribution in [1.29, 1.82) is 0 Å². The second kappa shape index (κ2) is 26.8. The van der Waals surface area contributed by atoms with Crippen LogP contribution in [0.15, 0.2) is 66.7 Å². The Kier molecular flexibility index (Phi) is 19.6. The van der Waals surface area contributed by atoms with E-state index < -0.39 is 140 Å². The summed E-state index contributed by atoms with van der Waals surface area (Å²) in [5, 5.41) is 10.2. The Hall–Kier alpha value is -8.32. The van der Waals surface area contributed by atoms with Crippen molar-refractivity contribution in [1.82, 2.24) is 40.9 Å². The van der Waals surface area contributed by atoms with Gasteiger partial charge in [-0.1, -0.05) is 36.1 Å². The van der Waals surface area contributed by atoms with Crippen molar-refractivity contribution >= 4 is 88.3 Å². The molecule has 4 aromatic rings. The van der Waals surface area contributed by atoms with E-state index in [9.17, 15) is 84.2 Å². The van der Waals surface area contributed by atoms with Gasteiger partial charge in [0.15, 0.2) is 0 Å². The summed E-state index contributed by atoms with van der Waals surface area (Å²) in [7, 11) is -4.84. The molecule has 0 bridgehead atoms. The van der Waals surface area contributed by atoms with Gasteiger partial charge in [-0.3, -0.25) is 53.0 Å². The standard InChI is InChI=1S/C59H63F5N9O14PS/c1-87-57(83)71-26-23-38-14-16-45(73(38)56(82)43(31-71)68-53(79)47-29-35-28-37(13-18-46(35)89-47)59(63,64)88(84,85)86)52(78)66-41(15-19-48(65)74)50(76)67-42(27-33-9-11-36(12-10-33)58(60,61)62)55(81)70-24-21-32(22-25-70)5-2-3-6-34-7-4-8-39-40(34)30-72(54(39)80)44-17-20-49(75)69-51(44)77/h4,7-13,18,28-29,32,38,41-45H,2,5,14-17,19-27,30-31H2,1H3,(H2,65,74)(H,66,78)(H,67,76)(H,68,79)(H,69,75,77)(H2,84,85,86)/t38-,41?,42?,43+,44?,45+/m1/s1. The maximum atomic E-state index is 14.8. The number of nitrogens with one attached hydrogen (secondary N) is 4. The van der Waals surface area contributed by atoms with Crippen LogP contribution in [-0.4, -0.2) is 158 Å². The van der Waals surface area contributed by atoms with Crippen molar-refractivity contribution < 1.29 is 89.0 Å². The number of likely N-dealkylation sites (tertiary alicyclic amines) is 1. The van der Waals surface area contributed by atoms with Crippen LogP contribution < -0.4 is 27.0 Å². The van der Waals surface area contributed by atoms with Crippen molar-refractivity contribution in [2.24, 2.45) is 11.7 Å². The SMILES string of the molecule is COC(=O)N1CC[C@H]2CC[C@@H](C(=O)NC(CCC(N)=O)C(=O)NC(Cc3ccc(C(F)(F)F)cc3)C(=O)N3CCC(CCC#Cc4cccc5c4CN(C4CCC(=O)NC4=O)C5=O)CC3)N2C(=O)[C@@H](NC(=O)c2cc3cc(C(F)(F)P(=O)(O)O)ccc3s2)C1. The summed E-state index contributed by atoms with van der Waals surface area (Å²) >= 11 is 0.802. The Labute approximate surface area is 509 Å². The molecule has 0 aliphatic carbocycles. The lowest BCUT2D eigenvalue weighted by molar-refractivity contribution is -0.144. The van der Waals surface area contributed by atoms with Crippen molar-refractivity contribution in [3.63, 3.8) is 0 Å². The molecule has 6 heterocycles. The van der Waals surface area contributed by atoms with E-state index in [1.165, 1.54) is 37.8 Å². The number of alkyl halides is 5. The van der Waals surface area contributed by atoms with E-state index in [-0.39, 0.29) is 97.1 Å². The second-order valence-corrected chi connectivity index (χ2v) is 25.3. The Bertz CT molecular complexity index is 3600. The van der Waals surface area contributed by atoms with Gasteiger partial charge in [-0.05, 0) is 116 Å². The lowest BCUT2D eigenvalue weighted by Crippen LogP contribution is -2.62. The summed E-state index contributed by atoms with van der Waals surface area (Å²) in [5.41, 5.74) is 0.967. The fourth-order valence-corrected chi connectivity index (χ4v) is 13.4. The van der Waals surface area contributed by atoms with Gasteiger partial charge in [0.2, 0.25) is 41.4 Å². The molecule has 0 spiro atoms. The number of fused-ring (bicyclic) bond motifs is 3. The number of carbonyl (C=O) groups excluding carboxylic acids is 10. The summed E-state index contributed by atoms with van der Waals surface area (Å²) in [4.78, 5) is 159. The summed E-state index contributed by atoms with van der Waals surface area (Å²) in [5.74, 6) is 0.142. The van der Waals surface area contributed by atoms with Gasteiger partial charge in [0.05, 0.1) is 24.1 Å². The molecule has 3 aromatic carbocycles. The molecule has 0 saturated carbocycles. The number of carbonyl (C=O) groups is 10. The Morgan fingerprint density at radius 3 is 2.25 bits per heavy atom. The van der Waals surface area contributed by atoms with Crippen LogP contribution in [-0.2, 0) is 67.7 Å². The van der Waals surface area contributed by atoms with Gasteiger partial charge < -0.3 is 55.8 Å². The topological polar surface area (TPSA) is 325 Å². The zero-order valence-corrected chi connectivity index (χ0v) is 49.5. The van der Waals surface area contributed by atoms with Gasteiger partial charge in [0.1, 0.15) is 30.2 Å². The van der Waals surface area contributed by atoms with E-state index in [4.69, 9.17) is 10.5 Å². The number of thiophene rings is 1. The third-order valence-electron chi connectivity index (χ3n) is 16.7. The number of methoxy groups -OCH3 is 1. The smallest absolute Gasteiger partial charge is 0.416 e. The maximum absolute atomic E-state index is 14.8. The van der Waals surface area contributed by atoms with Gasteiger partial charge in [0.25, 0.3) is 11.8 Å². The van der Waals surface area contributed by atoms with Crippen LogP contribution in [0, 0.1) is 17.8 Å². The van der Waals surface area contributed by atoms with Gasteiger partial charge in [-0.2, -0.15) is 22.0 Å². The van der Waals surface area contributed by atoms with Crippen molar-refractivity contribution in [3.8, 4) is 11.8 Å². The predicted octanol–water partition coefficient (Wildman–Crippen LogP) is 4.39. The van der Waals surface area contributed by atoms with Crippen molar-refractivity contribution in [2.75, 3.05) is 33.3 Å². The second-order valence-electron chi connectivity index (χ2n) is 22.5. The number of amides is 10.